The molecule has 1 heterocycles. The van der Waals surface area contributed by atoms with Crippen LogP contribution in [0.3, 0.4) is 0 Å². The highest BCUT2D eigenvalue weighted by Gasteiger charge is 2.21. The van der Waals surface area contributed by atoms with Crippen LogP contribution in [0, 0.1) is 6.92 Å². The largest absolute Gasteiger partial charge is 0.494 e. The number of nitrogens with one attached hydrogen (secondary N) is 1. The molecular formula is C20H25N3O2. The normalized spacial score (nSPS) is 14.3. The smallest absolute Gasteiger partial charge is 0.321 e. The fraction of sp³-hybridized carbons (Fsp3) is 0.350. The van der Waals surface area contributed by atoms with Crippen LogP contribution in [-0.4, -0.2) is 43.7 Å². The predicted octanol–water partition coefficient (Wildman–Crippen LogP) is 3.75. The summed E-state index contributed by atoms with van der Waals surface area (Å²) in [4.78, 5) is 16.6. The number of aryl methyl sites for hydroxylation is 1. The SMILES string of the molecule is CCOc1ccc(N2CCN(C(=O)Nc3ccc(C)cc3)CC2)cc1. The van der Waals surface area contributed by atoms with E-state index in [1.807, 2.05) is 55.1 Å². The van der Waals surface area contributed by atoms with Gasteiger partial charge < -0.3 is 19.9 Å². The van der Waals surface area contributed by atoms with Crippen molar-refractivity contribution in [2.45, 2.75) is 13.8 Å². The second-order valence-corrected chi connectivity index (χ2v) is 6.20. The third-order valence-corrected chi connectivity index (χ3v) is 4.38. The third kappa shape index (κ3) is 4.44. The zero-order valence-corrected chi connectivity index (χ0v) is 14.9. The van der Waals surface area contributed by atoms with Gasteiger partial charge in [0.2, 0.25) is 0 Å². The molecule has 2 aromatic rings. The molecule has 0 aromatic heterocycles. The molecule has 1 saturated heterocycles. The molecule has 1 aliphatic heterocycles. The molecule has 5 heteroatoms. The fourth-order valence-corrected chi connectivity index (χ4v) is 2.93. The fourth-order valence-electron chi connectivity index (χ4n) is 2.93. The number of urea groups is 1. The molecule has 0 aliphatic carbocycles. The molecule has 0 radical (unpaired) electrons. The van der Waals surface area contributed by atoms with Crippen LogP contribution in [0.25, 0.3) is 0 Å². The van der Waals surface area contributed by atoms with Crippen LogP contribution in [0.15, 0.2) is 48.5 Å². The second kappa shape index (κ2) is 7.92. The summed E-state index contributed by atoms with van der Waals surface area (Å²) in [5, 5.41) is 2.97. The molecule has 1 fully saturated rings. The van der Waals surface area contributed by atoms with E-state index in [-0.39, 0.29) is 6.03 Å². The lowest BCUT2D eigenvalue weighted by atomic mass is 10.2. The molecule has 132 valence electrons. The Labute approximate surface area is 149 Å². The first-order valence-corrected chi connectivity index (χ1v) is 8.76. The minimum Gasteiger partial charge on any atom is -0.494 e. The van der Waals surface area contributed by atoms with E-state index in [0.29, 0.717) is 19.7 Å². The number of carbonyl (C=O) groups excluding carboxylic acids is 1. The Morgan fingerprint density at radius 3 is 2.24 bits per heavy atom. The molecule has 5 nitrogen and oxygen atoms in total. The minimum absolute atomic E-state index is 0.0322. The number of carbonyl (C=O) groups is 1. The van der Waals surface area contributed by atoms with Gasteiger partial charge in [-0.1, -0.05) is 17.7 Å². The maximum atomic E-state index is 12.4. The van der Waals surface area contributed by atoms with Gasteiger partial charge in [0.15, 0.2) is 0 Å². The Bertz CT molecular complexity index is 690. The first kappa shape index (κ1) is 17.1. The van der Waals surface area contributed by atoms with Gasteiger partial charge in [0.1, 0.15) is 5.75 Å². The second-order valence-electron chi connectivity index (χ2n) is 6.20. The van der Waals surface area contributed by atoms with Crippen LogP contribution in [0.4, 0.5) is 16.2 Å². The van der Waals surface area contributed by atoms with Crippen LogP contribution >= 0.6 is 0 Å². The van der Waals surface area contributed by atoms with Crippen molar-refractivity contribution in [3.8, 4) is 5.75 Å². The van der Waals surface area contributed by atoms with Crippen LogP contribution < -0.4 is 15.0 Å². The summed E-state index contributed by atoms with van der Waals surface area (Å²) in [6, 6.07) is 16.0. The number of hydrogen-bond acceptors (Lipinski definition) is 3. The Morgan fingerprint density at radius 2 is 1.64 bits per heavy atom. The maximum Gasteiger partial charge on any atom is 0.321 e. The molecule has 0 spiro atoms. The van der Waals surface area contributed by atoms with Crippen molar-refractivity contribution in [2.75, 3.05) is 43.0 Å². The molecule has 1 aliphatic rings. The zero-order chi connectivity index (χ0) is 17.6. The number of amides is 2. The Kier molecular flexibility index (Phi) is 5.43. The number of nitrogens with zero attached hydrogens (tertiary/aromatic N) is 2. The maximum absolute atomic E-state index is 12.4. The quantitative estimate of drug-likeness (QED) is 0.923. The zero-order valence-electron chi connectivity index (χ0n) is 14.9. The van der Waals surface area contributed by atoms with Gasteiger partial charge in [-0.05, 0) is 50.2 Å². The molecule has 1 N–H and O–H groups in total. The lowest BCUT2D eigenvalue weighted by Crippen LogP contribution is -2.50. The van der Waals surface area contributed by atoms with Gasteiger partial charge in [-0.25, -0.2) is 4.79 Å². The minimum atomic E-state index is -0.0322. The Balaban J connectivity index is 1.52. The summed E-state index contributed by atoms with van der Waals surface area (Å²) < 4.78 is 5.48. The topological polar surface area (TPSA) is 44.8 Å². The molecule has 0 bridgehead atoms. The van der Waals surface area contributed by atoms with Crippen molar-refractivity contribution in [1.82, 2.24) is 4.90 Å². The average molecular weight is 339 g/mol. The van der Waals surface area contributed by atoms with Gasteiger partial charge in [-0.3, -0.25) is 0 Å². The molecule has 2 amide bonds. The number of anilines is 2. The third-order valence-electron chi connectivity index (χ3n) is 4.38. The first-order chi connectivity index (χ1) is 12.2. The van der Waals surface area contributed by atoms with Gasteiger partial charge in [-0.15, -0.1) is 0 Å². The summed E-state index contributed by atoms with van der Waals surface area (Å²) in [5.41, 5.74) is 3.19. The van der Waals surface area contributed by atoms with E-state index in [2.05, 4.69) is 22.3 Å². The Hall–Kier alpha value is -2.69. The number of ether oxygens (including phenoxy) is 1. The van der Waals surface area contributed by atoms with Crippen molar-refractivity contribution in [3.05, 3.63) is 54.1 Å². The number of rotatable bonds is 4. The van der Waals surface area contributed by atoms with Crippen LogP contribution in [0.1, 0.15) is 12.5 Å². The number of benzene rings is 2. The van der Waals surface area contributed by atoms with E-state index in [9.17, 15) is 4.79 Å². The van der Waals surface area contributed by atoms with E-state index < -0.39 is 0 Å². The molecule has 2 aromatic carbocycles. The molecule has 3 rings (SSSR count). The molecule has 25 heavy (non-hydrogen) atoms. The summed E-state index contributed by atoms with van der Waals surface area (Å²) in [5.74, 6) is 0.891. The van der Waals surface area contributed by atoms with E-state index in [1.54, 1.807) is 0 Å². The van der Waals surface area contributed by atoms with Crippen molar-refractivity contribution in [2.24, 2.45) is 0 Å². The highest BCUT2D eigenvalue weighted by atomic mass is 16.5. The van der Waals surface area contributed by atoms with Gasteiger partial charge in [-0.2, -0.15) is 0 Å². The van der Waals surface area contributed by atoms with Crippen molar-refractivity contribution in [1.29, 1.82) is 0 Å². The summed E-state index contributed by atoms with van der Waals surface area (Å²) in [6.07, 6.45) is 0. The number of hydrogen-bond donors (Lipinski definition) is 1. The number of piperazine rings is 1. The lowest BCUT2D eigenvalue weighted by Gasteiger charge is -2.36. The van der Waals surface area contributed by atoms with Crippen molar-refractivity contribution in [3.63, 3.8) is 0 Å². The predicted molar refractivity (Wildman–Crippen MR) is 102 cm³/mol. The van der Waals surface area contributed by atoms with E-state index >= 15 is 0 Å². The summed E-state index contributed by atoms with van der Waals surface area (Å²) in [7, 11) is 0. The summed E-state index contributed by atoms with van der Waals surface area (Å²) in [6.45, 7) is 7.77. The van der Waals surface area contributed by atoms with Crippen LogP contribution in [-0.2, 0) is 0 Å². The molecule has 0 saturated carbocycles. The monoisotopic (exact) mass is 339 g/mol. The highest BCUT2D eigenvalue weighted by Crippen LogP contribution is 2.21. The van der Waals surface area contributed by atoms with Crippen molar-refractivity contribution >= 4 is 17.4 Å². The standard InChI is InChI=1S/C20H25N3O2/c1-3-25-19-10-8-18(9-11-19)22-12-14-23(15-13-22)20(24)21-17-6-4-16(2)5-7-17/h4-11H,3,12-15H2,1-2H3,(H,21,24). The van der Waals surface area contributed by atoms with E-state index in [1.165, 1.54) is 11.3 Å². The molecular weight excluding hydrogens is 314 g/mol. The molecule has 0 unspecified atom stereocenters. The van der Waals surface area contributed by atoms with Crippen molar-refractivity contribution < 1.29 is 9.53 Å². The summed E-state index contributed by atoms with van der Waals surface area (Å²) >= 11 is 0. The van der Waals surface area contributed by atoms with Gasteiger partial charge >= 0.3 is 6.03 Å². The highest BCUT2D eigenvalue weighted by molar-refractivity contribution is 5.89. The average Bonchev–Trinajstić information content (AvgIpc) is 2.65. The molecule has 0 atom stereocenters. The van der Waals surface area contributed by atoms with Gasteiger partial charge in [0.05, 0.1) is 6.61 Å². The first-order valence-electron chi connectivity index (χ1n) is 8.76. The van der Waals surface area contributed by atoms with E-state index in [4.69, 9.17) is 4.74 Å². The van der Waals surface area contributed by atoms with Gasteiger partial charge in [0.25, 0.3) is 0 Å². The van der Waals surface area contributed by atoms with Gasteiger partial charge in [0, 0.05) is 37.6 Å². The van der Waals surface area contributed by atoms with Crippen LogP contribution in [0.5, 0.6) is 5.75 Å². The van der Waals surface area contributed by atoms with E-state index in [0.717, 1.165) is 24.5 Å². The Morgan fingerprint density at radius 1 is 1.00 bits per heavy atom. The van der Waals surface area contributed by atoms with Crippen LogP contribution in [0.2, 0.25) is 0 Å². The lowest BCUT2D eigenvalue weighted by molar-refractivity contribution is 0.208.